The summed E-state index contributed by atoms with van der Waals surface area (Å²) >= 11 is 0. The Bertz CT molecular complexity index is 4510. The van der Waals surface area contributed by atoms with Gasteiger partial charge in [0.15, 0.2) is 5.78 Å². The van der Waals surface area contributed by atoms with Crippen LogP contribution in [0.15, 0.2) is 34.9 Å². The number of esters is 1. The van der Waals surface area contributed by atoms with Gasteiger partial charge in [-0.15, -0.1) is 0 Å². The largest absolute Gasteiger partial charge is 0.481 e. The number of cyclic esters (lactones) is 1. The summed E-state index contributed by atoms with van der Waals surface area (Å²) in [5.74, 6) is 14.7. The molecular weight excluding hydrogens is 1810 g/mol. The fourth-order valence-electron chi connectivity index (χ4n) is 40.0. The van der Waals surface area contributed by atoms with Crippen molar-refractivity contribution in [2.75, 3.05) is 0 Å². The van der Waals surface area contributed by atoms with E-state index in [4.69, 9.17) is 9.84 Å². The molecular formula is C131H214O15. The number of aliphatic hydroxyl groups excluding tert-OH is 3. The molecule has 146 heavy (non-hydrogen) atoms. The molecule has 1 saturated heterocycles. The molecule has 0 amide bonds. The van der Waals surface area contributed by atoms with Crippen LogP contribution in [0.1, 0.15) is 487 Å². The van der Waals surface area contributed by atoms with E-state index in [-0.39, 0.29) is 112 Å². The first-order valence-electron chi connectivity index (χ1n) is 61.6. The van der Waals surface area contributed by atoms with Crippen molar-refractivity contribution in [1.82, 2.24) is 0 Å². The third-order valence-corrected chi connectivity index (χ3v) is 48.2. The predicted octanol–water partition coefficient (Wildman–Crippen LogP) is 30.9. The van der Waals surface area contributed by atoms with Gasteiger partial charge in [0.1, 0.15) is 36.0 Å². The molecule has 17 rings (SSSR count). The molecule has 0 bridgehead atoms. The van der Waals surface area contributed by atoms with Crippen LogP contribution < -0.4 is 0 Å². The van der Waals surface area contributed by atoms with E-state index >= 15 is 0 Å². The van der Waals surface area contributed by atoms with Crippen molar-refractivity contribution in [2.45, 2.75) is 511 Å². The highest BCUT2D eigenvalue weighted by Gasteiger charge is 2.68. The number of aliphatic carboxylic acids is 2. The summed E-state index contributed by atoms with van der Waals surface area (Å²) in [4.78, 5) is 111. The zero-order valence-corrected chi connectivity index (χ0v) is 96.8. The van der Waals surface area contributed by atoms with Crippen LogP contribution in [0.25, 0.3) is 0 Å². The van der Waals surface area contributed by atoms with E-state index in [1.54, 1.807) is 0 Å². The lowest BCUT2D eigenvalue weighted by molar-refractivity contribution is -0.173. The first-order valence-corrected chi connectivity index (χ1v) is 61.6. The molecule has 0 aromatic heterocycles. The summed E-state index contributed by atoms with van der Waals surface area (Å²) < 4.78 is 6.09. The second-order valence-electron chi connectivity index (χ2n) is 58.1. The minimum atomic E-state index is -0.744. The van der Waals surface area contributed by atoms with Gasteiger partial charge in [0, 0.05) is 67.1 Å². The first-order chi connectivity index (χ1) is 68.8. The normalized spacial score (nSPS) is 43.1. The van der Waals surface area contributed by atoms with Gasteiger partial charge in [0.25, 0.3) is 0 Å². The van der Waals surface area contributed by atoms with Crippen LogP contribution >= 0.6 is 0 Å². The molecule has 13 saturated carbocycles. The second kappa shape index (κ2) is 48.9. The number of carboxylic acid groups (broad SMARTS) is 2. The number of rotatable bonds is 33. The fourth-order valence-corrected chi connectivity index (χ4v) is 40.0. The number of carboxylic acids is 2. The Balaban J connectivity index is 0.000000153. The molecule has 5 N–H and O–H groups in total. The number of hydrogen-bond donors (Lipinski definition) is 5. The van der Waals surface area contributed by atoms with E-state index in [9.17, 15) is 63.6 Å². The van der Waals surface area contributed by atoms with Gasteiger partial charge in [0.05, 0.1) is 18.3 Å². The van der Waals surface area contributed by atoms with Gasteiger partial charge in [-0.05, 0) is 428 Å². The molecule has 0 aromatic rings. The summed E-state index contributed by atoms with van der Waals surface area (Å²) in [5, 5.41) is 48.9. The number of fused-ring (bicyclic) bond motifs is 13. The van der Waals surface area contributed by atoms with Gasteiger partial charge in [-0.2, -0.15) is 0 Å². The molecule has 16 aliphatic carbocycles. The number of aliphatic hydroxyl groups is 3. The summed E-state index contributed by atoms with van der Waals surface area (Å²) in [5.41, 5.74) is 4.32. The molecule has 38 atom stereocenters. The SMILES string of the molecule is CC(C)CCC[C@@H](C)[C@H]1CCC2C3C(=O)C=C4C[C@@H](O)CC[C@]4(C)C3CC[C@@]21C.CC(C)CCC[C@@H](C)[C@H]1CCC2C3C(C=O)=C4C=CCC[C@]4(C)C3CC[C@@]21C.CC(C)CCC[C@@H](C)[C@H]1CCC2[C@H](CC(=O)O)C([C@@]3(C)CC[C@H](O)CC3=O)CC[C@@]21C.CC(C)CCC[C@@H](C)[C@H]1CCC2[C@H](CC=O)C([C@@]3(C)CCCCC(=O)O3)CC[C@@]21C.C[C@H](CCC(=O)O)[C@H]1CCC2C(C=O)C([C@@]3(C)CC[C@H](O)CC3=O)CC[C@@]21C. The summed E-state index contributed by atoms with van der Waals surface area (Å²) in [7, 11) is 0. The molecule has 13 unspecified atom stereocenters. The van der Waals surface area contributed by atoms with Crippen molar-refractivity contribution in [2.24, 2.45) is 220 Å². The van der Waals surface area contributed by atoms with Crippen molar-refractivity contribution >= 4 is 54.1 Å². The monoisotopic (exact) mass is 2030 g/mol. The molecule has 0 radical (unpaired) electrons. The number of allylic oxidation sites excluding steroid dienone is 5. The van der Waals surface area contributed by atoms with Gasteiger partial charge in [-0.25, -0.2) is 0 Å². The molecule has 1 aliphatic heterocycles. The van der Waals surface area contributed by atoms with E-state index < -0.39 is 35.0 Å². The highest BCUT2D eigenvalue weighted by Crippen LogP contribution is 2.74. The second-order valence-corrected chi connectivity index (χ2v) is 58.1. The molecule has 15 nitrogen and oxygen atoms in total. The number of carbonyl (C=O) groups is 9. The Hall–Kier alpha value is -4.47. The van der Waals surface area contributed by atoms with Crippen LogP contribution in [0.4, 0.5) is 0 Å². The molecule has 15 heteroatoms. The molecule has 828 valence electrons. The van der Waals surface area contributed by atoms with Crippen LogP contribution in [0.3, 0.4) is 0 Å². The van der Waals surface area contributed by atoms with Crippen molar-refractivity contribution in [3.8, 4) is 0 Å². The Labute approximate surface area is 888 Å². The van der Waals surface area contributed by atoms with Gasteiger partial charge in [-0.3, -0.25) is 33.6 Å². The number of Topliss-reactive ketones (excluding diaryl/α,β-unsaturated/α-hetero) is 2. The highest BCUT2D eigenvalue weighted by atomic mass is 16.6. The van der Waals surface area contributed by atoms with E-state index in [0.29, 0.717) is 138 Å². The Kier molecular flexibility index (Phi) is 39.7. The average molecular weight is 2030 g/mol. The topological polar surface area (TPSA) is 264 Å². The third kappa shape index (κ3) is 24.4. The predicted molar refractivity (Wildman–Crippen MR) is 589 cm³/mol. The summed E-state index contributed by atoms with van der Waals surface area (Å²) in [6.45, 7) is 54.3. The van der Waals surface area contributed by atoms with Crippen molar-refractivity contribution < 1.29 is 73.4 Å². The zero-order chi connectivity index (χ0) is 107. The van der Waals surface area contributed by atoms with E-state index in [2.05, 4.69) is 164 Å². The van der Waals surface area contributed by atoms with Crippen molar-refractivity contribution in [3.63, 3.8) is 0 Å². The average Bonchev–Trinajstić information content (AvgIpc) is 1.17. The maximum absolute atomic E-state index is 13.4. The number of ether oxygens (including phenoxy) is 1. The van der Waals surface area contributed by atoms with Gasteiger partial charge >= 0.3 is 17.9 Å². The minimum absolute atomic E-state index is 0.0312. The Morgan fingerprint density at radius 1 is 0.384 bits per heavy atom. The van der Waals surface area contributed by atoms with Crippen LogP contribution in [0.2, 0.25) is 0 Å². The summed E-state index contributed by atoms with van der Waals surface area (Å²) in [6.07, 6.45) is 62.1. The van der Waals surface area contributed by atoms with E-state index in [1.165, 1.54) is 190 Å². The molecule has 17 aliphatic rings. The lowest BCUT2D eigenvalue weighted by Gasteiger charge is -2.57. The number of hydrogen-bond acceptors (Lipinski definition) is 13. The van der Waals surface area contributed by atoms with E-state index in [0.717, 1.165) is 168 Å². The molecule has 14 fully saturated rings. The number of ketones is 3. The van der Waals surface area contributed by atoms with Gasteiger partial charge in [-0.1, -0.05) is 247 Å². The van der Waals surface area contributed by atoms with Crippen molar-refractivity contribution in [3.05, 3.63) is 34.9 Å². The maximum Gasteiger partial charge on any atom is 0.306 e. The van der Waals surface area contributed by atoms with Crippen LogP contribution in [-0.2, 0) is 47.9 Å². The zero-order valence-electron chi connectivity index (χ0n) is 96.8. The third-order valence-electron chi connectivity index (χ3n) is 48.2. The van der Waals surface area contributed by atoms with Crippen molar-refractivity contribution in [1.29, 1.82) is 0 Å². The van der Waals surface area contributed by atoms with Crippen LogP contribution in [-0.4, -0.2) is 104 Å². The molecule has 1 heterocycles. The maximum atomic E-state index is 13.4. The first kappa shape index (κ1) is 119. The fraction of sp³-hybridized carbons (Fsp3) is 0.885. The summed E-state index contributed by atoms with van der Waals surface area (Å²) in [6, 6.07) is 0. The Morgan fingerprint density at radius 2 is 0.774 bits per heavy atom. The number of aldehydes is 3. The molecule has 0 spiro atoms. The number of carbonyl (C=O) groups excluding carboxylic acids is 7. The smallest absolute Gasteiger partial charge is 0.306 e. The van der Waals surface area contributed by atoms with Crippen LogP contribution in [0.5, 0.6) is 0 Å². The Morgan fingerprint density at radius 3 is 1.21 bits per heavy atom. The lowest BCUT2D eigenvalue weighted by Crippen LogP contribution is -2.53. The van der Waals surface area contributed by atoms with E-state index in [1.807, 2.05) is 13.0 Å². The highest BCUT2D eigenvalue weighted by molar-refractivity contribution is 5.95. The van der Waals surface area contributed by atoms with Gasteiger partial charge < -0.3 is 39.9 Å². The standard InChI is InChI=1S/C27H46O4.C27H46O3.C27H44O2.C27H42O.C23H36O5/c1-17(2)7-6-8-18(3)21-9-10-22-20(16-25(30)31)23(12-14-26(21,22)4)27(5)13-11-19(28)15-24(27)29;1-19(2)9-8-10-20(3)22-12-13-23-21(15-18-28)24(14-17-26(22,23)4)27(5)16-7-6-11-25(29)30-27;1-17(2)7-6-8-18(3)21-9-10-22-25-23(12-14-27(21,22)5)26(4)13-11-20(28)15-19(26)16-24(25)29;1-18(2)9-8-10-19(3)21-12-13-23-25-20(17-28)22-11-6-7-15-26(22,4)24(25)14-16-27(21,23)5;1-14(4-7-21(27)28)17-5-6-18-16(13-24)19(9-11-22(17,18)2)23(3)10-8-15(25)12-20(23)26/h17-23,28H,6-16H2,1-5H3,(H,30,31);18-24H,6-17H2,1-5H3;16-18,20-23,25,28H,6-15H2,1-5H3;6,11,17-19,21,23-25H,7-10,12-16H2,1-5H3;13-19,25H,4-12H2,1-3H3,(H,27,28)/t18-,19+,20+,21-,22?,23?,26-,27-;20-,21+,22-,23?,24?,26-,27-;18-,20+,21-,22?,23?,25?,26+,27-;19-,21-,23?,24?,25?,26+,27-;14-,15+,16?,17-,18?,19?,22-,23-/m11111/s1. The lowest BCUT2D eigenvalue weighted by atomic mass is 9.46. The quantitative estimate of drug-likeness (QED) is 0.0302. The minimum Gasteiger partial charge on any atom is -0.481 e. The molecule has 0 aromatic carbocycles. The van der Waals surface area contributed by atoms with Gasteiger partial charge in [0.2, 0.25) is 0 Å². The van der Waals surface area contributed by atoms with Crippen LogP contribution in [0, 0.1) is 220 Å².